The Bertz CT molecular complexity index is 78.9. The molecule has 85 valence electrons. The van der Waals surface area contributed by atoms with E-state index in [0.717, 1.165) is 0 Å². The Morgan fingerprint density at radius 2 is 0.692 bits per heavy atom. The van der Waals surface area contributed by atoms with E-state index in [1.807, 2.05) is 0 Å². The van der Waals surface area contributed by atoms with E-state index in [1.165, 1.54) is 0 Å². The maximum absolute atomic E-state index is 9.10. The summed E-state index contributed by atoms with van der Waals surface area (Å²) < 4.78 is 0. The second-order valence-electron chi connectivity index (χ2n) is 0.610. The molecule has 0 aliphatic carbocycles. The van der Waals surface area contributed by atoms with E-state index >= 15 is 0 Å². The number of hydrogen-bond acceptors (Lipinski definition) is 2. The molecule has 0 bridgehead atoms. The minimum absolute atomic E-state index is 0. The molecule has 0 unspecified atom stereocenters. The molecule has 13 heavy (non-hydrogen) atoms. The first kappa shape index (κ1) is 80.6. The number of hydrogen-bond donors (Lipinski definition) is 2. The zero-order valence-corrected chi connectivity index (χ0v) is 8.09. The Morgan fingerprint density at radius 1 is 0.615 bits per heavy atom. The minimum Gasteiger partial charge on any atom is -0.473 e. The standard InChI is InChI=1S/C2H2O4.6H2O.Sc/c3-1(4)2(5)6;;;;;;;/h(H,3,4)(H,5,6);6*1H2;. The van der Waals surface area contributed by atoms with Gasteiger partial charge in [-0.25, -0.2) is 9.59 Å². The van der Waals surface area contributed by atoms with Crippen LogP contribution in [0, 0.1) is 0 Å². The Labute approximate surface area is 90.8 Å². The summed E-state index contributed by atoms with van der Waals surface area (Å²) in [5, 5.41) is 14.8. The van der Waals surface area contributed by atoms with E-state index in [-0.39, 0.29) is 58.7 Å². The predicted octanol–water partition coefficient (Wildman–Crippen LogP) is -5.80. The molecule has 0 aliphatic heterocycles. The van der Waals surface area contributed by atoms with Gasteiger partial charge in [-0.3, -0.25) is 0 Å². The van der Waals surface area contributed by atoms with Crippen LogP contribution < -0.4 is 0 Å². The van der Waals surface area contributed by atoms with Gasteiger partial charge in [0, 0.05) is 25.8 Å². The average Bonchev–Trinajstić information content (AvgIpc) is 1.36. The van der Waals surface area contributed by atoms with E-state index in [9.17, 15) is 0 Å². The smallest absolute Gasteiger partial charge is 0.414 e. The van der Waals surface area contributed by atoms with E-state index < -0.39 is 11.9 Å². The van der Waals surface area contributed by atoms with Crippen molar-refractivity contribution in [1.29, 1.82) is 0 Å². The second-order valence-corrected chi connectivity index (χ2v) is 0.610. The maximum Gasteiger partial charge on any atom is 0.414 e. The molecule has 0 amide bonds. The molecule has 11 heteroatoms. The molecular weight excluding hydrogens is 229 g/mol. The van der Waals surface area contributed by atoms with Crippen LogP contribution in [0.15, 0.2) is 0 Å². The monoisotopic (exact) mass is 243 g/mol. The maximum atomic E-state index is 9.10. The van der Waals surface area contributed by atoms with E-state index in [1.54, 1.807) is 0 Å². The van der Waals surface area contributed by atoms with E-state index in [0.29, 0.717) is 0 Å². The van der Waals surface area contributed by atoms with Crippen molar-refractivity contribution in [3.8, 4) is 0 Å². The minimum atomic E-state index is -1.82. The largest absolute Gasteiger partial charge is 0.473 e. The number of aliphatic carboxylic acids is 2. The van der Waals surface area contributed by atoms with Gasteiger partial charge in [-0.05, 0) is 0 Å². The van der Waals surface area contributed by atoms with Gasteiger partial charge in [-0.1, -0.05) is 0 Å². The molecule has 0 heterocycles. The Kier molecular flexibility index (Phi) is 258. The molecule has 0 aromatic rings. The van der Waals surface area contributed by atoms with Crippen LogP contribution in [0.3, 0.4) is 0 Å². The molecule has 1 radical (unpaired) electrons. The quantitative estimate of drug-likeness (QED) is 0.393. The molecule has 14 N–H and O–H groups in total. The molecule has 0 saturated heterocycles. The van der Waals surface area contributed by atoms with Gasteiger partial charge in [0.25, 0.3) is 0 Å². The summed E-state index contributed by atoms with van der Waals surface area (Å²) >= 11 is 0. The van der Waals surface area contributed by atoms with Gasteiger partial charge < -0.3 is 43.1 Å². The van der Waals surface area contributed by atoms with E-state index in [4.69, 9.17) is 19.8 Å². The molecule has 0 aromatic heterocycles. The molecule has 0 saturated carbocycles. The first-order chi connectivity index (χ1) is 2.64. The van der Waals surface area contributed by atoms with Crippen LogP contribution in [0.5, 0.6) is 0 Å². The zero-order valence-electron chi connectivity index (χ0n) is 6.29. The Morgan fingerprint density at radius 3 is 0.692 bits per heavy atom. The number of carboxylic acid groups (broad SMARTS) is 2. The molecule has 0 atom stereocenters. The van der Waals surface area contributed by atoms with Crippen LogP contribution in [0.2, 0.25) is 0 Å². The van der Waals surface area contributed by atoms with Crippen molar-refractivity contribution < 1.29 is 78.5 Å². The van der Waals surface area contributed by atoms with Crippen LogP contribution in [0.1, 0.15) is 0 Å². The molecule has 0 spiro atoms. The Balaban J connectivity index is -0.00000000595. The third kappa shape index (κ3) is 83.1. The number of carboxylic acids is 2. The third-order valence-electron chi connectivity index (χ3n) is 0.183. The van der Waals surface area contributed by atoms with Gasteiger partial charge >= 0.3 is 11.9 Å². The fourth-order valence-electron chi connectivity index (χ4n) is 0. The SMILES string of the molecule is O.O.O.O.O.O.O=C(O)C(=O)O.[Sc]. The van der Waals surface area contributed by atoms with Crippen molar-refractivity contribution in [2.45, 2.75) is 0 Å². The van der Waals surface area contributed by atoms with E-state index in [2.05, 4.69) is 0 Å². The first-order valence-corrected chi connectivity index (χ1v) is 1.11. The summed E-state index contributed by atoms with van der Waals surface area (Å²) in [6, 6.07) is 0. The van der Waals surface area contributed by atoms with Crippen LogP contribution in [-0.4, -0.2) is 55.0 Å². The zero-order chi connectivity index (χ0) is 5.15. The summed E-state index contributed by atoms with van der Waals surface area (Å²) in [5.41, 5.74) is 0. The van der Waals surface area contributed by atoms with Crippen molar-refractivity contribution in [3.63, 3.8) is 0 Å². The average molecular weight is 243 g/mol. The number of rotatable bonds is 0. The fourth-order valence-corrected chi connectivity index (χ4v) is 0. The predicted molar refractivity (Wildman–Crippen MR) is 37.0 cm³/mol. The number of carbonyl (C=O) groups is 2. The van der Waals surface area contributed by atoms with Crippen molar-refractivity contribution in [1.82, 2.24) is 0 Å². The van der Waals surface area contributed by atoms with Crippen LogP contribution in [0.25, 0.3) is 0 Å². The topological polar surface area (TPSA) is 264 Å². The molecule has 10 nitrogen and oxygen atoms in total. The van der Waals surface area contributed by atoms with Gasteiger partial charge in [0.2, 0.25) is 0 Å². The molecule has 0 aliphatic rings. The normalized spacial score (nSPS) is 3.38. The fraction of sp³-hybridized carbons (Fsp3) is 0. The van der Waals surface area contributed by atoms with Crippen LogP contribution in [0.4, 0.5) is 0 Å². The summed E-state index contributed by atoms with van der Waals surface area (Å²) in [7, 11) is 0. The molecule has 0 aromatic carbocycles. The van der Waals surface area contributed by atoms with Crippen molar-refractivity contribution in [2.24, 2.45) is 0 Å². The van der Waals surface area contributed by atoms with Crippen molar-refractivity contribution in [2.75, 3.05) is 0 Å². The second kappa shape index (κ2) is 41.7. The van der Waals surface area contributed by atoms with Gasteiger partial charge in [-0.2, -0.15) is 0 Å². The third-order valence-corrected chi connectivity index (χ3v) is 0.183. The summed E-state index contributed by atoms with van der Waals surface area (Å²) in [4.78, 5) is 18.2. The molecule has 0 fully saturated rings. The van der Waals surface area contributed by atoms with Crippen LogP contribution in [-0.2, 0) is 35.4 Å². The van der Waals surface area contributed by atoms with Crippen molar-refractivity contribution in [3.05, 3.63) is 0 Å². The summed E-state index contributed by atoms with van der Waals surface area (Å²) in [6.45, 7) is 0. The first-order valence-electron chi connectivity index (χ1n) is 1.11. The van der Waals surface area contributed by atoms with Crippen LogP contribution >= 0.6 is 0 Å². The summed E-state index contributed by atoms with van der Waals surface area (Å²) in [5.74, 6) is -3.65. The Hall–Kier alpha value is -0.430. The van der Waals surface area contributed by atoms with Gasteiger partial charge in [-0.15, -0.1) is 0 Å². The van der Waals surface area contributed by atoms with Gasteiger partial charge in [0.15, 0.2) is 0 Å². The molecule has 0 rings (SSSR count). The van der Waals surface area contributed by atoms with Crippen molar-refractivity contribution >= 4 is 11.9 Å². The van der Waals surface area contributed by atoms with Gasteiger partial charge in [0.05, 0.1) is 0 Å². The molecular formula is C2H14O10Sc. The summed E-state index contributed by atoms with van der Waals surface area (Å²) in [6.07, 6.45) is 0. The van der Waals surface area contributed by atoms with Gasteiger partial charge in [0.1, 0.15) is 0 Å².